The molecule has 0 saturated heterocycles. The first-order valence-corrected chi connectivity index (χ1v) is 8.61. The molecule has 1 saturated carbocycles. The summed E-state index contributed by atoms with van der Waals surface area (Å²) in [5.41, 5.74) is 0.0941. The Morgan fingerprint density at radius 2 is 2.10 bits per heavy atom. The standard InChI is InChI=1S/C14H18ClNO4S/c1-8(10-3-4-10)7-16-21(19,20)13-6-11(15)5-12(9(13)2)14(17)18/h5-6,8,10,16H,3-4,7H2,1-2H3,(H,17,18). The number of sulfonamides is 1. The molecule has 0 aromatic heterocycles. The molecule has 0 amide bonds. The van der Waals surface area contributed by atoms with Gasteiger partial charge >= 0.3 is 5.97 Å². The van der Waals surface area contributed by atoms with Crippen LogP contribution in [0.1, 0.15) is 35.7 Å². The van der Waals surface area contributed by atoms with Crippen LogP contribution in [0.5, 0.6) is 0 Å². The molecule has 2 rings (SSSR count). The fraction of sp³-hybridized carbons (Fsp3) is 0.500. The van der Waals surface area contributed by atoms with Crippen LogP contribution in [0.3, 0.4) is 0 Å². The molecule has 0 aliphatic heterocycles. The topological polar surface area (TPSA) is 83.5 Å². The monoisotopic (exact) mass is 331 g/mol. The highest BCUT2D eigenvalue weighted by Crippen LogP contribution is 2.36. The average molecular weight is 332 g/mol. The molecule has 0 bridgehead atoms. The Labute approximate surface area is 129 Å². The van der Waals surface area contributed by atoms with Gasteiger partial charge in [0.25, 0.3) is 0 Å². The highest BCUT2D eigenvalue weighted by atomic mass is 35.5. The fourth-order valence-electron chi connectivity index (χ4n) is 2.31. The first-order chi connectivity index (χ1) is 9.72. The predicted octanol–water partition coefficient (Wildman–Crippen LogP) is 2.67. The summed E-state index contributed by atoms with van der Waals surface area (Å²) in [6.45, 7) is 3.83. The van der Waals surface area contributed by atoms with Crippen LogP contribution in [0.25, 0.3) is 0 Å². The minimum Gasteiger partial charge on any atom is -0.478 e. The van der Waals surface area contributed by atoms with Crippen LogP contribution in [0, 0.1) is 18.8 Å². The zero-order valence-corrected chi connectivity index (χ0v) is 13.5. The number of hydrogen-bond donors (Lipinski definition) is 2. The fourth-order valence-corrected chi connectivity index (χ4v) is 4.02. The van der Waals surface area contributed by atoms with E-state index in [1.807, 2.05) is 6.92 Å². The van der Waals surface area contributed by atoms with Crippen molar-refractivity contribution < 1.29 is 18.3 Å². The van der Waals surface area contributed by atoms with Crippen molar-refractivity contribution in [1.82, 2.24) is 4.72 Å². The van der Waals surface area contributed by atoms with Crippen LogP contribution < -0.4 is 4.72 Å². The molecule has 1 atom stereocenters. The van der Waals surface area contributed by atoms with Crippen LogP contribution >= 0.6 is 11.6 Å². The molecule has 116 valence electrons. The van der Waals surface area contributed by atoms with Crippen molar-refractivity contribution in [1.29, 1.82) is 0 Å². The Hall–Kier alpha value is -1.11. The Morgan fingerprint density at radius 3 is 2.62 bits per heavy atom. The Morgan fingerprint density at radius 1 is 1.48 bits per heavy atom. The van der Waals surface area contributed by atoms with Crippen molar-refractivity contribution in [2.75, 3.05) is 6.54 Å². The Bertz CT molecular complexity index is 668. The lowest BCUT2D eigenvalue weighted by Crippen LogP contribution is -2.30. The molecule has 1 aliphatic carbocycles. The SMILES string of the molecule is Cc1c(C(=O)O)cc(Cl)cc1S(=O)(=O)NCC(C)C1CC1. The molecule has 0 radical (unpaired) electrons. The van der Waals surface area contributed by atoms with Crippen LogP contribution in [-0.4, -0.2) is 26.0 Å². The number of aromatic carboxylic acids is 1. The van der Waals surface area contributed by atoms with Gasteiger partial charge in [0.15, 0.2) is 0 Å². The van der Waals surface area contributed by atoms with Gasteiger partial charge in [-0.05, 0) is 49.3 Å². The van der Waals surface area contributed by atoms with Crippen molar-refractivity contribution in [3.05, 3.63) is 28.3 Å². The van der Waals surface area contributed by atoms with Crippen molar-refractivity contribution in [2.24, 2.45) is 11.8 Å². The highest BCUT2D eigenvalue weighted by Gasteiger charge is 2.29. The molecule has 1 aromatic rings. The summed E-state index contributed by atoms with van der Waals surface area (Å²) < 4.78 is 27.3. The number of carbonyl (C=O) groups is 1. The average Bonchev–Trinajstić information content (AvgIpc) is 3.22. The first kappa shape index (κ1) is 16.3. The number of rotatable bonds is 6. The molecule has 1 aromatic carbocycles. The molecule has 1 fully saturated rings. The molecule has 1 aliphatic rings. The molecule has 0 spiro atoms. The molecule has 0 heterocycles. The third kappa shape index (κ3) is 3.75. The van der Waals surface area contributed by atoms with Gasteiger partial charge in [0.05, 0.1) is 10.5 Å². The number of carboxylic acid groups (broad SMARTS) is 1. The summed E-state index contributed by atoms with van der Waals surface area (Å²) in [6.07, 6.45) is 2.28. The number of benzene rings is 1. The minimum absolute atomic E-state index is 0.0737. The van der Waals surface area contributed by atoms with Crippen molar-refractivity contribution in [3.63, 3.8) is 0 Å². The highest BCUT2D eigenvalue weighted by molar-refractivity contribution is 7.89. The summed E-state index contributed by atoms with van der Waals surface area (Å²) in [5.74, 6) is -0.334. The number of halogens is 1. The second-order valence-electron chi connectivity index (χ2n) is 5.55. The maximum absolute atomic E-state index is 12.4. The van der Waals surface area contributed by atoms with E-state index < -0.39 is 16.0 Å². The minimum atomic E-state index is -3.77. The van der Waals surface area contributed by atoms with E-state index in [0.29, 0.717) is 12.5 Å². The summed E-state index contributed by atoms with van der Waals surface area (Å²) in [5, 5.41) is 9.20. The smallest absolute Gasteiger partial charge is 0.336 e. The number of hydrogen-bond acceptors (Lipinski definition) is 3. The van der Waals surface area contributed by atoms with E-state index in [0.717, 1.165) is 12.8 Å². The van der Waals surface area contributed by atoms with Crippen molar-refractivity contribution in [2.45, 2.75) is 31.6 Å². The van der Waals surface area contributed by atoms with Gasteiger partial charge < -0.3 is 5.11 Å². The third-order valence-corrected chi connectivity index (χ3v) is 5.63. The van der Waals surface area contributed by atoms with E-state index in [9.17, 15) is 13.2 Å². The van der Waals surface area contributed by atoms with Crippen molar-refractivity contribution in [3.8, 4) is 0 Å². The van der Waals surface area contributed by atoms with Gasteiger partial charge in [0.2, 0.25) is 10.0 Å². The van der Waals surface area contributed by atoms with Gasteiger partial charge in [-0.2, -0.15) is 0 Å². The maximum Gasteiger partial charge on any atom is 0.336 e. The van der Waals surface area contributed by atoms with Crippen LogP contribution in [0.2, 0.25) is 5.02 Å². The number of carboxylic acids is 1. The molecule has 5 nitrogen and oxygen atoms in total. The lowest BCUT2D eigenvalue weighted by molar-refractivity contribution is 0.0696. The van der Waals surface area contributed by atoms with Crippen LogP contribution in [-0.2, 0) is 10.0 Å². The zero-order valence-electron chi connectivity index (χ0n) is 11.9. The molecular weight excluding hydrogens is 314 g/mol. The van der Waals surface area contributed by atoms with Gasteiger partial charge in [0, 0.05) is 11.6 Å². The quantitative estimate of drug-likeness (QED) is 0.839. The summed E-state index contributed by atoms with van der Waals surface area (Å²) in [6, 6.07) is 2.54. The molecule has 7 heteroatoms. The maximum atomic E-state index is 12.4. The largest absolute Gasteiger partial charge is 0.478 e. The summed E-state index contributed by atoms with van der Waals surface area (Å²) >= 11 is 5.84. The zero-order chi connectivity index (χ0) is 15.8. The summed E-state index contributed by atoms with van der Waals surface area (Å²) in [4.78, 5) is 11.1. The predicted molar refractivity (Wildman–Crippen MR) is 80.2 cm³/mol. The van der Waals surface area contributed by atoms with E-state index in [-0.39, 0.29) is 27.0 Å². The Balaban J connectivity index is 2.28. The molecular formula is C14H18ClNO4S. The second-order valence-corrected chi connectivity index (χ2v) is 7.72. The van der Waals surface area contributed by atoms with Crippen molar-refractivity contribution >= 4 is 27.6 Å². The normalized spacial score (nSPS) is 16.7. The second kappa shape index (κ2) is 5.94. The van der Waals surface area contributed by atoms with E-state index in [4.69, 9.17) is 16.7 Å². The lowest BCUT2D eigenvalue weighted by Gasteiger charge is -2.14. The van der Waals surface area contributed by atoms with Gasteiger partial charge in [-0.15, -0.1) is 0 Å². The van der Waals surface area contributed by atoms with E-state index in [1.54, 1.807) is 0 Å². The van der Waals surface area contributed by atoms with Gasteiger partial charge in [0.1, 0.15) is 0 Å². The first-order valence-electron chi connectivity index (χ1n) is 6.75. The molecule has 2 N–H and O–H groups in total. The van der Waals surface area contributed by atoms with Gasteiger partial charge in [-0.25, -0.2) is 17.9 Å². The van der Waals surface area contributed by atoms with E-state index in [1.165, 1.54) is 19.1 Å². The Kier molecular flexibility index (Phi) is 4.60. The van der Waals surface area contributed by atoms with Crippen LogP contribution in [0.4, 0.5) is 0 Å². The van der Waals surface area contributed by atoms with E-state index >= 15 is 0 Å². The third-order valence-electron chi connectivity index (χ3n) is 3.87. The molecule has 21 heavy (non-hydrogen) atoms. The van der Waals surface area contributed by atoms with Gasteiger partial charge in [-0.3, -0.25) is 0 Å². The summed E-state index contributed by atoms with van der Waals surface area (Å²) in [7, 11) is -3.77. The lowest BCUT2D eigenvalue weighted by atomic mass is 10.1. The van der Waals surface area contributed by atoms with Gasteiger partial charge in [-0.1, -0.05) is 18.5 Å². The number of nitrogens with one attached hydrogen (secondary N) is 1. The van der Waals surface area contributed by atoms with E-state index in [2.05, 4.69) is 4.72 Å². The molecule has 1 unspecified atom stereocenters. The van der Waals surface area contributed by atoms with Crippen LogP contribution in [0.15, 0.2) is 17.0 Å².